The molecule has 0 aliphatic carbocycles. The first kappa shape index (κ1) is 31.6. The van der Waals surface area contributed by atoms with Gasteiger partial charge in [-0.05, 0) is 89.7 Å². The minimum atomic E-state index is -0.980. The molecule has 0 atom stereocenters. The largest absolute Gasteiger partial charge is 0.456 e. The van der Waals surface area contributed by atoms with Crippen molar-refractivity contribution in [1.82, 2.24) is 0 Å². The quantitative estimate of drug-likeness (QED) is 0.123. The number of fused-ring (bicyclic) bond motifs is 8. The fourth-order valence-electron chi connectivity index (χ4n) is 9.65. The monoisotopic (exact) mass is 691 g/mol. The van der Waals surface area contributed by atoms with Crippen LogP contribution in [0, 0.1) is 0 Å². The fraction of sp³-hybridized carbons (Fsp3) is 0.188. The summed E-state index contributed by atoms with van der Waals surface area (Å²) in [6.07, 6.45) is 0. The second-order valence-electron chi connectivity index (χ2n) is 14.3. The van der Waals surface area contributed by atoms with Crippen molar-refractivity contribution in [2.75, 3.05) is 40.9 Å². The highest BCUT2D eigenvalue weighted by atomic mass is 16.5. The maximum absolute atomic E-state index is 15.3. The van der Waals surface area contributed by atoms with Crippen LogP contribution in [0.5, 0.6) is 11.5 Å². The molecule has 0 bridgehead atoms. The molecule has 260 valence electrons. The highest BCUT2D eigenvalue weighted by Gasteiger charge is 2.57. The number of rotatable bonds is 7. The molecule has 0 aromatic heterocycles. The smallest absolute Gasteiger partial charge is 0.260 e. The Morgan fingerprint density at radius 1 is 0.528 bits per heavy atom. The van der Waals surface area contributed by atoms with Crippen molar-refractivity contribution in [3.8, 4) is 11.5 Å². The third-order valence-electron chi connectivity index (χ3n) is 12.0. The lowest BCUT2D eigenvalue weighted by Crippen LogP contribution is -2.47. The number of benzene rings is 8. The zero-order valence-electron chi connectivity index (χ0n) is 30.6. The number of nitrogens with zero attached hydrogens (tertiary/aromatic N) is 3. The van der Waals surface area contributed by atoms with Gasteiger partial charge >= 0.3 is 0 Å². The Kier molecular flexibility index (Phi) is 7.00. The predicted octanol–water partition coefficient (Wildman–Crippen LogP) is 11.5. The average molecular weight is 692 g/mol. The first-order valence-electron chi connectivity index (χ1n) is 19.0. The van der Waals surface area contributed by atoms with Crippen molar-refractivity contribution >= 4 is 66.1 Å². The van der Waals surface area contributed by atoms with Gasteiger partial charge in [-0.15, -0.1) is 0 Å². The van der Waals surface area contributed by atoms with Crippen LogP contribution in [0.15, 0.2) is 127 Å². The number of carbonyl (C=O) groups excluding carboxylic acids is 1. The fourth-order valence-corrected chi connectivity index (χ4v) is 9.65. The highest BCUT2D eigenvalue weighted by molar-refractivity contribution is 6.34. The molecule has 2 aliphatic rings. The van der Waals surface area contributed by atoms with Crippen LogP contribution in [0.4, 0.5) is 17.1 Å². The van der Waals surface area contributed by atoms with Gasteiger partial charge in [-0.25, -0.2) is 0 Å². The topological polar surface area (TPSA) is 36.0 Å². The first-order valence-corrected chi connectivity index (χ1v) is 19.0. The second-order valence-corrected chi connectivity index (χ2v) is 14.3. The maximum Gasteiger partial charge on any atom is 0.260 e. The number of hydrogen-bond acceptors (Lipinski definition) is 4. The first-order chi connectivity index (χ1) is 26.0. The van der Waals surface area contributed by atoms with Crippen LogP contribution in [-0.2, 0) is 5.54 Å². The van der Waals surface area contributed by atoms with Gasteiger partial charge in [0.1, 0.15) is 17.0 Å². The minimum Gasteiger partial charge on any atom is -0.456 e. The molecule has 0 fully saturated rings. The molecule has 10 rings (SSSR count). The lowest BCUT2D eigenvalue weighted by Gasteiger charge is -2.45. The Morgan fingerprint density at radius 2 is 1.06 bits per heavy atom. The molecule has 0 radical (unpaired) electrons. The third-order valence-corrected chi connectivity index (χ3v) is 12.0. The summed E-state index contributed by atoms with van der Waals surface area (Å²) in [5, 5.41) is 9.60. The van der Waals surface area contributed by atoms with Gasteiger partial charge in [-0.3, -0.25) is 9.69 Å². The molecule has 8 aromatic carbocycles. The van der Waals surface area contributed by atoms with Crippen LogP contribution in [0.1, 0.15) is 54.7 Å². The SMILES string of the molecule is CCN(CC)c1ccc2c(c1)Oc1cc(N(CC)CC)ccc1C21c2ccccc2C(=O)N1c1ccc2c3cccc4cccc(c5cccc1c52)c43. The zero-order chi connectivity index (χ0) is 36.0. The van der Waals surface area contributed by atoms with Crippen molar-refractivity contribution in [3.05, 3.63) is 150 Å². The molecule has 53 heavy (non-hydrogen) atoms. The molecule has 5 heteroatoms. The van der Waals surface area contributed by atoms with Crippen LogP contribution in [-0.4, -0.2) is 32.1 Å². The standard InChI is InChI=1S/C48H41N3O2/c1-5-49(6-2)31-22-25-40-43(28-31)53-44-29-32(50(7-3)8-4)23-26-41(44)48(40)39-21-10-9-16-37(39)47(52)51(48)42-27-24-36-34-18-12-15-30-14-11-17-33(45(30)34)35-19-13-20-38(42)46(35)36/h9-29H,5-8H2,1-4H3. The van der Waals surface area contributed by atoms with E-state index in [1.165, 1.54) is 37.7 Å². The van der Waals surface area contributed by atoms with E-state index in [0.29, 0.717) is 5.56 Å². The molecule has 0 saturated carbocycles. The summed E-state index contributed by atoms with van der Waals surface area (Å²) in [4.78, 5) is 22.1. The van der Waals surface area contributed by atoms with E-state index in [2.05, 4.69) is 158 Å². The number of amides is 1. The van der Waals surface area contributed by atoms with Gasteiger partial charge in [0.05, 0.1) is 5.69 Å². The van der Waals surface area contributed by atoms with Gasteiger partial charge in [-0.1, -0.05) is 91.0 Å². The van der Waals surface area contributed by atoms with Gasteiger partial charge in [0.15, 0.2) is 0 Å². The van der Waals surface area contributed by atoms with Crippen molar-refractivity contribution in [1.29, 1.82) is 0 Å². The summed E-state index contributed by atoms with van der Waals surface area (Å²) in [6, 6.07) is 45.5. The van der Waals surface area contributed by atoms with Crippen molar-refractivity contribution in [2.24, 2.45) is 0 Å². The molecule has 8 aromatic rings. The second kappa shape index (κ2) is 11.7. The molecular weight excluding hydrogens is 651 g/mol. The van der Waals surface area contributed by atoms with Gasteiger partial charge in [-0.2, -0.15) is 0 Å². The summed E-state index contributed by atoms with van der Waals surface area (Å²) >= 11 is 0. The van der Waals surface area contributed by atoms with Crippen LogP contribution in [0.2, 0.25) is 0 Å². The number of ether oxygens (including phenoxy) is 1. The van der Waals surface area contributed by atoms with Gasteiger partial charge in [0, 0.05) is 77.3 Å². The van der Waals surface area contributed by atoms with Crippen LogP contribution in [0.3, 0.4) is 0 Å². The van der Waals surface area contributed by atoms with Crippen molar-refractivity contribution in [2.45, 2.75) is 33.2 Å². The van der Waals surface area contributed by atoms with Gasteiger partial charge in [0.25, 0.3) is 5.91 Å². The summed E-state index contributed by atoms with van der Waals surface area (Å²) in [7, 11) is 0. The summed E-state index contributed by atoms with van der Waals surface area (Å²) in [6.45, 7) is 12.3. The van der Waals surface area contributed by atoms with Crippen LogP contribution >= 0.6 is 0 Å². The van der Waals surface area contributed by atoms with E-state index in [-0.39, 0.29) is 5.91 Å². The lowest BCUT2D eigenvalue weighted by molar-refractivity contribution is 0.0986. The Balaban J connectivity index is 1.32. The minimum absolute atomic E-state index is 0.0148. The Labute approximate surface area is 310 Å². The molecule has 2 aliphatic heterocycles. The van der Waals surface area contributed by atoms with Crippen LogP contribution in [0.25, 0.3) is 43.1 Å². The Hall–Kier alpha value is -6.07. The molecule has 1 amide bonds. The molecule has 1 spiro atoms. The summed E-state index contributed by atoms with van der Waals surface area (Å²) in [5.74, 6) is 1.53. The Bertz CT molecular complexity index is 2650. The van der Waals surface area contributed by atoms with Crippen molar-refractivity contribution in [3.63, 3.8) is 0 Å². The average Bonchev–Trinajstić information content (AvgIpc) is 3.45. The molecule has 0 saturated heterocycles. The number of carbonyl (C=O) groups is 1. The van der Waals surface area contributed by atoms with E-state index >= 15 is 4.79 Å². The van der Waals surface area contributed by atoms with Gasteiger partial charge in [0.2, 0.25) is 0 Å². The Morgan fingerprint density at radius 3 is 1.66 bits per heavy atom. The molecule has 2 heterocycles. The molecular formula is C48H41N3O2. The molecule has 0 unspecified atom stereocenters. The highest BCUT2D eigenvalue weighted by Crippen LogP contribution is 2.60. The zero-order valence-corrected chi connectivity index (χ0v) is 30.6. The maximum atomic E-state index is 15.3. The summed E-state index contributed by atoms with van der Waals surface area (Å²) in [5.41, 5.74) is 5.72. The predicted molar refractivity (Wildman–Crippen MR) is 221 cm³/mol. The van der Waals surface area contributed by atoms with E-state index < -0.39 is 5.54 Å². The van der Waals surface area contributed by atoms with E-state index in [4.69, 9.17) is 4.74 Å². The van der Waals surface area contributed by atoms with Crippen molar-refractivity contribution < 1.29 is 9.53 Å². The number of anilines is 3. The van der Waals surface area contributed by atoms with Gasteiger partial charge < -0.3 is 14.5 Å². The lowest BCUT2D eigenvalue weighted by atomic mass is 9.74. The van der Waals surface area contributed by atoms with E-state index in [9.17, 15) is 0 Å². The van der Waals surface area contributed by atoms with E-state index in [1.807, 2.05) is 12.1 Å². The normalized spacial score (nSPS) is 14.3. The van der Waals surface area contributed by atoms with E-state index in [1.54, 1.807) is 0 Å². The molecule has 5 nitrogen and oxygen atoms in total. The van der Waals surface area contributed by atoms with Crippen LogP contribution < -0.4 is 19.4 Å². The third kappa shape index (κ3) is 4.16. The summed E-state index contributed by atoms with van der Waals surface area (Å²) < 4.78 is 6.99. The number of hydrogen-bond donors (Lipinski definition) is 0. The molecule has 0 N–H and O–H groups in total. The van der Waals surface area contributed by atoms with E-state index in [0.717, 1.165) is 76.8 Å².